The molecule has 0 amide bonds. The molecule has 2 rings (SSSR count). The summed E-state index contributed by atoms with van der Waals surface area (Å²) in [5, 5.41) is 6.08. The molecule has 0 saturated carbocycles. The number of benzene rings is 1. The Morgan fingerprint density at radius 3 is 2.37 bits per heavy atom. The van der Waals surface area contributed by atoms with E-state index in [0.717, 1.165) is 20.4 Å². The smallest absolute Gasteiger partial charge is 0.436 e. The lowest BCUT2D eigenvalue weighted by atomic mass is 10.2. The zero-order chi connectivity index (χ0) is 22.9. The van der Waals surface area contributed by atoms with E-state index in [1.807, 2.05) is 4.72 Å². The van der Waals surface area contributed by atoms with Gasteiger partial charge in [-0.1, -0.05) is 28.4 Å². The monoisotopic (exact) mass is 489 g/mol. The first-order valence-electron chi connectivity index (χ1n) is 7.50. The van der Waals surface area contributed by atoms with Crippen molar-refractivity contribution in [3.63, 3.8) is 0 Å². The number of nitrogens with two attached hydrogens (primary N) is 1. The van der Waals surface area contributed by atoms with Gasteiger partial charge in [-0.2, -0.15) is 18.3 Å². The number of carbonyl (C=O) groups is 1. The van der Waals surface area contributed by atoms with Gasteiger partial charge < -0.3 is 10.5 Å². The fourth-order valence-electron chi connectivity index (χ4n) is 2.15. The lowest BCUT2D eigenvalue weighted by Crippen LogP contribution is -2.21. The molecule has 30 heavy (non-hydrogen) atoms. The maximum Gasteiger partial charge on any atom is 0.534 e. The standard InChI is InChI=1S/C14H12Cl2F3N5O5S/c1-21-30(26,27)11-9(5-22-29-13(25)28-2)23-24(12(11)20)10-7(15)3-6(4-8(10)16)14(17,18)19/h3-5,21H,20H2,1-2H3/b22-5+. The van der Waals surface area contributed by atoms with Gasteiger partial charge in [0.05, 0.1) is 28.9 Å². The molecule has 0 aliphatic rings. The van der Waals surface area contributed by atoms with Crippen LogP contribution in [0, 0.1) is 0 Å². The number of sulfonamides is 1. The summed E-state index contributed by atoms with van der Waals surface area (Å²) in [6.45, 7) is 0. The molecule has 3 N–H and O–H groups in total. The Bertz CT molecular complexity index is 1090. The van der Waals surface area contributed by atoms with E-state index < -0.39 is 54.4 Å². The molecule has 0 unspecified atom stereocenters. The van der Waals surface area contributed by atoms with Gasteiger partial charge >= 0.3 is 12.3 Å². The van der Waals surface area contributed by atoms with Crippen molar-refractivity contribution in [1.29, 1.82) is 0 Å². The molecule has 2 aromatic rings. The third kappa shape index (κ3) is 4.77. The van der Waals surface area contributed by atoms with Crippen LogP contribution in [0.1, 0.15) is 11.3 Å². The van der Waals surface area contributed by atoms with E-state index in [2.05, 4.69) is 19.8 Å². The highest BCUT2D eigenvalue weighted by molar-refractivity contribution is 7.89. The van der Waals surface area contributed by atoms with E-state index in [9.17, 15) is 26.4 Å². The van der Waals surface area contributed by atoms with Crippen molar-refractivity contribution >= 4 is 51.4 Å². The number of nitrogens with zero attached hydrogens (tertiary/aromatic N) is 3. The summed E-state index contributed by atoms with van der Waals surface area (Å²) in [7, 11) is -2.16. The van der Waals surface area contributed by atoms with Gasteiger partial charge in [-0.3, -0.25) is 4.84 Å². The minimum Gasteiger partial charge on any atom is -0.436 e. The number of ether oxygens (including phenoxy) is 1. The average molecular weight is 490 g/mol. The predicted octanol–water partition coefficient (Wildman–Crippen LogP) is 2.81. The van der Waals surface area contributed by atoms with Gasteiger partial charge in [0.2, 0.25) is 10.0 Å². The van der Waals surface area contributed by atoms with Crippen LogP contribution in [-0.2, 0) is 25.8 Å². The van der Waals surface area contributed by atoms with Crippen molar-refractivity contribution in [3.8, 4) is 5.69 Å². The van der Waals surface area contributed by atoms with Crippen LogP contribution in [0.2, 0.25) is 10.0 Å². The molecule has 1 aromatic heterocycles. The van der Waals surface area contributed by atoms with Crippen molar-refractivity contribution in [2.24, 2.45) is 5.16 Å². The number of nitrogen functional groups attached to an aromatic ring is 1. The maximum absolute atomic E-state index is 12.9. The Balaban J connectivity index is 2.71. The van der Waals surface area contributed by atoms with Crippen molar-refractivity contribution < 1.29 is 36.0 Å². The van der Waals surface area contributed by atoms with Crippen molar-refractivity contribution in [3.05, 3.63) is 33.4 Å². The minimum atomic E-state index is -4.73. The Morgan fingerprint density at radius 2 is 1.90 bits per heavy atom. The number of hydrogen-bond acceptors (Lipinski definition) is 8. The first-order valence-corrected chi connectivity index (χ1v) is 9.74. The summed E-state index contributed by atoms with van der Waals surface area (Å²) in [5.74, 6) is -0.549. The van der Waals surface area contributed by atoms with Gasteiger partial charge in [0.25, 0.3) is 0 Å². The third-order valence-corrected chi connectivity index (χ3v) is 5.53. The fourth-order valence-corrected chi connectivity index (χ4v) is 3.74. The van der Waals surface area contributed by atoms with Crippen LogP contribution >= 0.6 is 23.2 Å². The quantitative estimate of drug-likeness (QED) is 0.285. The van der Waals surface area contributed by atoms with Crippen molar-refractivity contribution in [2.45, 2.75) is 11.1 Å². The highest BCUT2D eigenvalue weighted by Gasteiger charge is 2.33. The van der Waals surface area contributed by atoms with Crippen LogP contribution in [-0.4, -0.2) is 44.7 Å². The molecule has 0 aliphatic heterocycles. The molecular formula is C14H12Cl2F3N5O5S. The van der Waals surface area contributed by atoms with Crippen LogP contribution in [0.25, 0.3) is 5.69 Å². The molecule has 0 radical (unpaired) electrons. The lowest BCUT2D eigenvalue weighted by molar-refractivity contribution is -0.137. The first-order chi connectivity index (χ1) is 13.8. The second-order valence-electron chi connectivity index (χ2n) is 5.29. The number of nitrogens with one attached hydrogen (secondary N) is 1. The molecule has 16 heteroatoms. The van der Waals surface area contributed by atoms with Crippen LogP contribution in [0.3, 0.4) is 0 Å². The van der Waals surface area contributed by atoms with Crippen LogP contribution in [0.15, 0.2) is 22.2 Å². The third-order valence-electron chi connectivity index (χ3n) is 3.46. The highest BCUT2D eigenvalue weighted by atomic mass is 35.5. The number of aromatic nitrogens is 2. The van der Waals surface area contributed by atoms with Gasteiger partial charge in [0, 0.05) is 0 Å². The van der Waals surface area contributed by atoms with E-state index >= 15 is 0 Å². The second kappa shape index (κ2) is 8.67. The topological polar surface area (TPSA) is 138 Å². The largest absolute Gasteiger partial charge is 0.534 e. The second-order valence-corrected chi connectivity index (χ2v) is 7.92. The molecule has 164 valence electrons. The number of rotatable bonds is 5. The molecule has 0 fully saturated rings. The number of anilines is 1. The van der Waals surface area contributed by atoms with Crippen molar-refractivity contribution in [2.75, 3.05) is 19.9 Å². The zero-order valence-electron chi connectivity index (χ0n) is 15.0. The minimum absolute atomic E-state index is 0.315. The van der Waals surface area contributed by atoms with Crippen LogP contribution < -0.4 is 10.5 Å². The Morgan fingerprint density at radius 1 is 1.33 bits per heavy atom. The van der Waals surface area contributed by atoms with E-state index in [1.54, 1.807) is 0 Å². The Kier molecular flexibility index (Phi) is 6.86. The van der Waals surface area contributed by atoms with Crippen molar-refractivity contribution in [1.82, 2.24) is 14.5 Å². The maximum atomic E-state index is 12.9. The normalized spacial score (nSPS) is 12.4. The summed E-state index contributed by atoms with van der Waals surface area (Å²) in [6.07, 6.45) is -5.21. The number of halogens is 5. The van der Waals surface area contributed by atoms with Gasteiger partial charge in [-0.05, 0) is 19.2 Å². The van der Waals surface area contributed by atoms with E-state index in [-0.39, 0.29) is 5.69 Å². The summed E-state index contributed by atoms with van der Waals surface area (Å²) in [4.78, 5) is 14.6. The summed E-state index contributed by atoms with van der Waals surface area (Å²) >= 11 is 11.9. The zero-order valence-corrected chi connectivity index (χ0v) is 17.3. The van der Waals surface area contributed by atoms with Gasteiger partial charge in [0.1, 0.15) is 17.2 Å². The van der Waals surface area contributed by atoms with E-state index in [4.69, 9.17) is 28.9 Å². The molecule has 1 aromatic carbocycles. The molecule has 0 bridgehead atoms. The fraction of sp³-hybridized carbons (Fsp3) is 0.214. The first kappa shape index (κ1) is 23.7. The summed E-state index contributed by atoms with van der Waals surface area (Å²) in [6, 6.07) is 1.15. The molecule has 0 atom stereocenters. The van der Waals surface area contributed by atoms with Crippen LogP contribution in [0.4, 0.5) is 23.8 Å². The summed E-state index contributed by atoms with van der Waals surface area (Å²) in [5.41, 5.74) is 3.98. The molecule has 1 heterocycles. The van der Waals surface area contributed by atoms with E-state index in [1.165, 1.54) is 0 Å². The molecule has 0 spiro atoms. The van der Waals surface area contributed by atoms with E-state index in [0.29, 0.717) is 16.8 Å². The highest BCUT2D eigenvalue weighted by Crippen LogP contribution is 2.39. The van der Waals surface area contributed by atoms with Gasteiger partial charge in [-0.15, -0.1) is 0 Å². The Labute approximate surface area is 177 Å². The molecule has 10 nitrogen and oxygen atoms in total. The number of alkyl halides is 3. The SMILES string of the molecule is CNS(=O)(=O)c1c(/C=N/OC(=O)OC)nn(-c2c(Cl)cc(C(F)(F)F)cc2Cl)c1N. The van der Waals surface area contributed by atoms with Gasteiger partial charge in [-0.25, -0.2) is 22.6 Å². The van der Waals surface area contributed by atoms with Gasteiger partial charge in [0.15, 0.2) is 4.90 Å². The molecular weight excluding hydrogens is 478 g/mol. The number of methoxy groups -OCH3 is 1. The summed E-state index contributed by atoms with van der Waals surface area (Å²) < 4.78 is 70.4. The number of hydrogen-bond donors (Lipinski definition) is 2. The predicted molar refractivity (Wildman–Crippen MR) is 100 cm³/mol. The number of oxime groups is 1. The molecule has 0 aliphatic carbocycles. The van der Waals surface area contributed by atoms with Crippen LogP contribution in [0.5, 0.6) is 0 Å². The average Bonchev–Trinajstić information content (AvgIpc) is 2.97. The molecule has 0 saturated heterocycles. The number of carbonyl (C=O) groups excluding carboxylic acids is 1. The lowest BCUT2D eigenvalue weighted by Gasteiger charge is -2.13. The Hall–Kier alpha value is -2.55.